The number of nitrogens with zero attached hydrogens (tertiary/aromatic N) is 3. The Morgan fingerprint density at radius 2 is 1.86 bits per heavy atom. The van der Waals surface area contributed by atoms with Gasteiger partial charge in [0.1, 0.15) is 21.2 Å². The minimum atomic E-state index is -0.625. The van der Waals surface area contributed by atoms with Gasteiger partial charge in [0.25, 0.3) is 5.91 Å². The lowest BCUT2D eigenvalue weighted by molar-refractivity contribution is -0.117. The summed E-state index contributed by atoms with van der Waals surface area (Å²) >= 11 is 1.43. The molecule has 1 aliphatic carbocycles. The lowest BCUT2D eigenvalue weighted by Crippen LogP contribution is -2.59. The number of ether oxygens (including phenoxy) is 1. The molecule has 2 saturated heterocycles. The summed E-state index contributed by atoms with van der Waals surface area (Å²) in [6, 6.07) is 0. The molecule has 8 heteroatoms. The van der Waals surface area contributed by atoms with Crippen LogP contribution in [0.4, 0.5) is 11.5 Å². The van der Waals surface area contributed by atoms with Crippen molar-refractivity contribution in [3.63, 3.8) is 0 Å². The molecule has 2 fully saturated rings. The third-order valence-corrected chi connectivity index (χ3v) is 7.87. The van der Waals surface area contributed by atoms with Crippen LogP contribution < -0.4 is 15.1 Å². The zero-order chi connectivity index (χ0) is 19.8. The van der Waals surface area contributed by atoms with Gasteiger partial charge < -0.3 is 15.0 Å². The van der Waals surface area contributed by atoms with Crippen LogP contribution in [0.1, 0.15) is 53.4 Å². The standard InChI is InChI=1S/C21H24N4O3S/c1-21-7-6-14(26)25(21)16-15-12-4-2-3-5-13(12)18(24-8-10-28-11-9-24)22-20(15)29-17(16)19(27)23-21/h2-11H2,1H3,(H,23,27)/t21-/m0/s1. The quantitative estimate of drug-likeness (QED) is 0.779. The first-order valence-electron chi connectivity index (χ1n) is 10.5. The Bertz CT molecular complexity index is 1060. The highest BCUT2D eigenvalue weighted by atomic mass is 32.1. The van der Waals surface area contributed by atoms with Gasteiger partial charge in [0.15, 0.2) is 0 Å². The van der Waals surface area contributed by atoms with Crippen LogP contribution in [-0.2, 0) is 22.4 Å². The van der Waals surface area contributed by atoms with Gasteiger partial charge in [-0.05, 0) is 50.2 Å². The summed E-state index contributed by atoms with van der Waals surface area (Å²) in [4.78, 5) is 36.6. The molecule has 0 radical (unpaired) electrons. The van der Waals surface area contributed by atoms with Crippen LogP contribution in [0, 0.1) is 0 Å². The van der Waals surface area contributed by atoms with E-state index in [1.54, 1.807) is 0 Å². The Balaban J connectivity index is 1.63. The Labute approximate surface area is 173 Å². The molecular weight excluding hydrogens is 388 g/mol. The van der Waals surface area contributed by atoms with Crippen LogP contribution in [0.25, 0.3) is 10.2 Å². The molecule has 152 valence electrons. The molecule has 29 heavy (non-hydrogen) atoms. The summed E-state index contributed by atoms with van der Waals surface area (Å²) in [5.74, 6) is 1.08. The first-order chi connectivity index (χ1) is 14.1. The van der Waals surface area contributed by atoms with Gasteiger partial charge in [-0.3, -0.25) is 14.5 Å². The maximum atomic E-state index is 13.0. The van der Waals surface area contributed by atoms with Crippen molar-refractivity contribution in [2.24, 2.45) is 0 Å². The van der Waals surface area contributed by atoms with Crippen LogP contribution in [0.3, 0.4) is 0 Å². The van der Waals surface area contributed by atoms with Crippen molar-refractivity contribution in [3.8, 4) is 0 Å². The SMILES string of the molecule is C[C@@]12CCC(=O)N1c1c(sc3nc(N4CCOCC4)c4c(c13)CCCC4)C(=O)N2. The molecule has 0 unspecified atom stereocenters. The number of anilines is 2. The summed E-state index contributed by atoms with van der Waals surface area (Å²) in [5, 5.41) is 4.13. The maximum absolute atomic E-state index is 13.0. The number of hydrogen-bond acceptors (Lipinski definition) is 6. The number of morpholine rings is 1. The molecule has 0 spiro atoms. The molecule has 4 aliphatic rings. The molecule has 2 amide bonds. The van der Waals surface area contributed by atoms with Gasteiger partial charge in [-0.2, -0.15) is 0 Å². The molecule has 1 N–H and O–H groups in total. The van der Waals surface area contributed by atoms with Crippen molar-refractivity contribution >= 4 is 44.9 Å². The largest absolute Gasteiger partial charge is 0.378 e. The number of rotatable bonds is 1. The van der Waals surface area contributed by atoms with Crippen LogP contribution in [0.5, 0.6) is 0 Å². The fraction of sp³-hybridized carbons (Fsp3) is 0.571. The lowest BCUT2D eigenvalue weighted by atomic mass is 9.89. The highest BCUT2D eigenvalue weighted by Crippen LogP contribution is 2.50. The van der Waals surface area contributed by atoms with Crippen molar-refractivity contribution in [2.45, 2.75) is 51.1 Å². The van der Waals surface area contributed by atoms with Gasteiger partial charge in [0.2, 0.25) is 5.91 Å². The summed E-state index contributed by atoms with van der Waals surface area (Å²) < 4.78 is 5.54. The van der Waals surface area contributed by atoms with E-state index < -0.39 is 5.66 Å². The summed E-state index contributed by atoms with van der Waals surface area (Å²) in [6.07, 6.45) is 5.40. The number of carbonyl (C=O) groups is 2. The third kappa shape index (κ3) is 2.42. The first-order valence-corrected chi connectivity index (χ1v) is 11.3. The van der Waals surface area contributed by atoms with Gasteiger partial charge in [-0.15, -0.1) is 11.3 Å². The molecule has 0 aromatic carbocycles. The minimum Gasteiger partial charge on any atom is -0.378 e. The summed E-state index contributed by atoms with van der Waals surface area (Å²) in [5.41, 5.74) is 2.81. The number of hydrogen-bond donors (Lipinski definition) is 1. The zero-order valence-electron chi connectivity index (χ0n) is 16.5. The molecule has 2 aromatic heterocycles. The molecule has 1 atom stereocenters. The highest BCUT2D eigenvalue weighted by Gasteiger charge is 2.50. The molecule has 6 rings (SSSR count). The molecule has 3 aliphatic heterocycles. The van der Waals surface area contributed by atoms with E-state index in [0.29, 0.717) is 17.7 Å². The highest BCUT2D eigenvalue weighted by molar-refractivity contribution is 7.21. The van der Waals surface area contributed by atoms with Crippen molar-refractivity contribution in [1.29, 1.82) is 0 Å². The van der Waals surface area contributed by atoms with Gasteiger partial charge in [0.05, 0.1) is 18.9 Å². The molecule has 0 saturated carbocycles. The van der Waals surface area contributed by atoms with E-state index in [-0.39, 0.29) is 11.8 Å². The Hall–Kier alpha value is -2.19. The predicted molar refractivity (Wildman–Crippen MR) is 112 cm³/mol. The normalized spacial score (nSPS) is 26.4. The zero-order valence-corrected chi connectivity index (χ0v) is 17.4. The Kier molecular flexibility index (Phi) is 3.75. The Morgan fingerprint density at radius 3 is 2.66 bits per heavy atom. The van der Waals surface area contributed by atoms with Crippen molar-refractivity contribution in [3.05, 3.63) is 16.0 Å². The van der Waals surface area contributed by atoms with Gasteiger partial charge >= 0.3 is 0 Å². The second kappa shape index (κ2) is 6.15. The van der Waals surface area contributed by atoms with Crippen molar-refractivity contribution < 1.29 is 14.3 Å². The van der Waals surface area contributed by atoms with Crippen LogP contribution in [0.15, 0.2) is 0 Å². The van der Waals surface area contributed by atoms with Crippen LogP contribution in [-0.4, -0.2) is 48.8 Å². The number of aryl methyl sites for hydroxylation is 1. The van der Waals surface area contributed by atoms with E-state index in [9.17, 15) is 9.59 Å². The molecular formula is C21H24N4O3S. The number of amides is 2. The number of aromatic nitrogens is 1. The van der Waals surface area contributed by atoms with E-state index in [0.717, 1.165) is 73.7 Å². The predicted octanol–water partition coefficient (Wildman–Crippen LogP) is 2.60. The average Bonchev–Trinajstić information content (AvgIpc) is 3.25. The molecule has 7 nitrogen and oxygen atoms in total. The van der Waals surface area contributed by atoms with Crippen LogP contribution >= 0.6 is 11.3 Å². The average molecular weight is 413 g/mol. The second-order valence-corrected chi connectivity index (χ2v) is 9.62. The van der Waals surface area contributed by atoms with E-state index >= 15 is 0 Å². The summed E-state index contributed by atoms with van der Waals surface area (Å²) in [6.45, 7) is 5.10. The van der Waals surface area contributed by atoms with Crippen molar-refractivity contribution in [2.75, 3.05) is 36.1 Å². The number of fused-ring (bicyclic) bond motifs is 7. The summed E-state index contributed by atoms with van der Waals surface area (Å²) in [7, 11) is 0. The second-order valence-electron chi connectivity index (χ2n) is 8.62. The molecule has 2 aromatic rings. The van der Waals surface area contributed by atoms with Gasteiger partial charge in [-0.1, -0.05) is 0 Å². The molecule has 0 bridgehead atoms. The molecule has 5 heterocycles. The minimum absolute atomic E-state index is 0.0751. The smallest absolute Gasteiger partial charge is 0.265 e. The first kappa shape index (κ1) is 17.7. The van der Waals surface area contributed by atoms with Gasteiger partial charge in [-0.25, -0.2) is 4.98 Å². The third-order valence-electron chi connectivity index (χ3n) is 6.80. The fourth-order valence-corrected chi connectivity index (χ4v) is 6.48. The van der Waals surface area contributed by atoms with Crippen molar-refractivity contribution in [1.82, 2.24) is 10.3 Å². The number of pyridine rings is 1. The number of carbonyl (C=O) groups excluding carboxylic acids is 2. The van der Waals surface area contributed by atoms with E-state index in [1.807, 2.05) is 11.8 Å². The fourth-order valence-electron chi connectivity index (χ4n) is 5.40. The van der Waals surface area contributed by atoms with E-state index in [2.05, 4.69) is 10.2 Å². The van der Waals surface area contributed by atoms with E-state index in [1.165, 1.54) is 22.5 Å². The number of nitrogens with one attached hydrogen (secondary N) is 1. The topological polar surface area (TPSA) is 74.8 Å². The number of thiophene rings is 1. The maximum Gasteiger partial charge on any atom is 0.265 e. The van der Waals surface area contributed by atoms with Crippen LogP contribution in [0.2, 0.25) is 0 Å². The lowest BCUT2D eigenvalue weighted by Gasteiger charge is -2.40. The Morgan fingerprint density at radius 1 is 1.10 bits per heavy atom. The van der Waals surface area contributed by atoms with Gasteiger partial charge in [0, 0.05) is 24.9 Å². The van der Waals surface area contributed by atoms with E-state index in [4.69, 9.17) is 9.72 Å². The monoisotopic (exact) mass is 412 g/mol.